The smallest absolute Gasteiger partial charge is 0.343 e. The number of hydrogen-bond donors (Lipinski definition) is 0. The molecule has 1 aromatic carbocycles. The zero-order chi connectivity index (χ0) is 17.7. The maximum Gasteiger partial charge on any atom is 0.343 e. The first kappa shape index (κ1) is 17.6. The molecule has 0 aliphatic heterocycles. The van der Waals surface area contributed by atoms with Crippen molar-refractivity contribution in [2.45, 2.75) is 20.3 Å². The maximum absolute atomic E-state index is 12.5. The van der Waals surface area contributed by atoms with Crippen LogP contribution in [0.15, 0.2) is 35.1 Å². The van der Waals surface area contributed by atoms with E-state index in [1.54, 1.807) is 26.0 Å². The van der Waals surface area contributed by atoms with Crippen LogP contribution in [0.5, 0.6) is 5.75 Å². The van der Waals surface area contributed by atoms with Gasteiger partial charge >= 0.3 is 5.97 Å². The number of carbonyl (C=O) groups excluding carboxylic acids is 1. The van der Waals surface area contributed by atoms with Crippen LogP contribution in [-0.2, 0) is 4.74 Å². The highest BCUT2D eigenvalue weighted by Gasteiger charge is 2.18. The number of hydrogen-bond acceptors (Lipinski definition) is 5. The lowest BCUT2D eigenvalue weighted by Crippen LogP contribution is -2.29. The van der Waals surface area contributed by atoms with Crippen molar-refractivity contribution in [3.63, 3.8) is 0 Å². The van der Waals surface area contributed by atoms with E-state index >= 15 is 0 Å². The maximum atomic E-state index is 12.5. The summed E-state index contributed by atoms with van der Waals surface area (Å²) >= 11 is 0. The first-order valence-corrected chi connectivity index (χ1v) is 7.22. The van der Waals surface area contributed by atoms with Crippen molar-refractivity contribution in [1.82, 2.24) is 9.78 Å². The summed E-state index contributed by atoms with van der Waals surface area (Å²) in [6.07, 6.45) is -2.66. The molecule has 0 fully saturated rings. The van der Waals surface area contributed by atoms with Crippen LogP contribution >= 0.6 is 0 Å². The van der Waals surface area contributed by atoms with Crippen LogP contribution in [0.2, 0.25) is 0 Å². The molecule has 8 heteroatoms. The molecule has 0 spiro atoms. The zero-order valence-corrected chi connectivity index (χ0v) is 13.2. The number of alkyl halides is 2. The van der Waals surface area contributed by atoms with Crippen LogP contribution in [0, 0.1) is 6.92 Å². The molecule has 0 bridgehead atoms. The summed E-state index contributed by atoms with van der Waals surface area (Å²) in [5, 5.41) is 4.06. The monoisotopic (exact) mass is 338 g/mol. The Morgan fingerprint density at radius 3 is 2.71 bits per heavy atom. The molecule has 2 rings (SSSR count). The van der Waals surface area contributed by atoms with Gasteiger partial charge < -0.3 is 9.47 Å². The van der Waals surface area contributed by atoms with Gasteiger partial charge in [-0.3, -0.25) is 4.79 Å². The molecule has 0 atom stereocenters. The molecule has 1 aromatic heterocycles. The molecule has 0 amide bonds. The van der Waals surface area contributed by atoms with E-state index in [2.05, 4.69) is 5.10 Å². The Balaban J connectivity index is 2.53. The molecule has 0 unspecified atom stereocenters. The molecule has 0 N–H and O–H groups in total. The van der Waals surface area contributed by atoms with Gasteiger partial charge in [0.25, 0.3) is 12.0 Å². The number of aryl methyl sites for hydroxylation is 1. The van der Waals surface area contributed by atoms with E-state index in [-0.39, 0.29) is 23.6 Å². The fraction of sp³-hybridized carbons (Fsp3) is 0.312. The van der Waals surface area contributed by atoms with Crippen LogP contribution in [0.25, 0.3) is 5.69 Å². The quantitative estimate of drug-likeness (QED) is 0.756. The van der Waals surface area contributed by atoms with Crippen molar-refractivity contribution < 1.29 is 23.0 Å². The van der Waals surface area contributed by atoms with E-state index in [9.17, 15) is 18.4 Å². The minimum Gasteiger partial charge on any atom is -0.485 e. The first-order chi connectivity index (χ1) is 11.4. The highest BCUT2D eigenvalue weighted by molar-refractivity contribution is 5.89. The van der Waals surface area contributed by atoms with Crippen LogP contribution < -0.4 is 10.3 Å². The Bertz CT molecular complexity index is 790. The van der Waals surface area contributed by atoms with E-state index in [1.807, 2.05) is 0 Å². The standard InChI is InChI=1S/C16H16F2N2O4/c1-3-23-16(22)11-8-10(2)19-20(15(11)21)12-6-4-5-7-13(12)24-9-14(17)18/h4-8,14H,3,9H2,1-2H3. The topological polar surface area (TPSA) is 70.4 Å². The summed E-state index contributed by atoms with van der Waals surface area (Å²) < 4.78 is 35.6. The fourth-order valence-electron chi connectivity index (χ4n) is 2.04. The number of para-hydroxylation sites is 2. The molecule has 0 saturated carbocycles. The SMILES string of the molecule is CCOC(=O)c1cc(C)nn(-c2ccccc2OCC(F)F)c1=O. The van der Waals surface area contributed by atoms with Gasteiger partial charge in [0.15, 0.2) is 0 Å². The van der Waals surface area contributed by atoms with Gasteiger partial charge in [-0.2, -0.15) is 9.78 Å². The summed E-state index contributed by atoms with van der Waals surface area (Å²) in [5.41, 5.74) is -0.348. The summed E-state index contributed by atoms with van der Waals surface area (Å²) in [6, 6.07) is 7.43. The molecule has 1 heterocycles. The Labute approximate surface area is 136 Å². The second-order valence-corrected chi connectivity index (χ2v) is 4.81. The van der Waals surface area contributed by atoms with Crippen LogP contribution in [0.1, 0.15) is 23.0 Å². The molecule has 0 aliphatic rings. The molecule has 0 aliphatic carbocycles. The van der Waals surface area contributed by atoms with Crippen molar-refractivity contribution in [3.8, 4) is 11.4 Å². The van der Waals surface area contributed by atoms with Gasteiger partial charge in [-0.25, -0.2) is 13.6 Å². The summed E-state index contributed by atoms with van der Waals surface area (Å²) in [4.78, 5) is 24.4. The minimum atomic E-state index is -2.66. The van der Waals surface area contributed by atoms with E-state index < -0.39 is 24.6 Å². The van der Waals surface area contributed by atoms with Crippen LogP contribution in [0.3, 0.4) is 0 Å². The summed E-state index contributed by atoms with van der Waals surface area (Å²) in [7, 11) is 0. The number of halogens is 2. The average Bonchev–Trinajstić information content (AvgIpc) is 2.55. The molecular weight excluding hydrogens is 322 g/mol. The lowest BCUT2D eigenvalue weighted by Gasteiger charge is -2.13. The van der Waals surface area contributed by atoms with Gasteiger partial charge in [0.1, 0.15) is 23.6 Å². The predicted molar refractivity (Wildman–Crippen MR) is 82.0 cm³/mol. The van der Waals surface area contributed by atoms with Gasteiger partial charge in [-0.1, -0.05) is 12.1 Å². The van der Waals surface area contributed by atoms with Crippen molar-refractivity contribution in [3.05, 3.63) is 51.9 Å². The van der Waals surface area contributed by atoms with Gasteiger partial charge in [-0.05, 0) is 32.0 Å². The molecule has 128 valence electrons. The van der Waals surface area contributed by atoms with E-state index in [0.717, 1.165) is 4.68 Å². The van der Waals surface area contributed by atoms with E-state index in [0.29, 0.717) is 5.69 Å². The lowest BCUT2D eigenvalue weighted by molar-refractivity contribution is 0.0523. The molecule has 24 heavy (non-hydrogen) atoms. The number of esters is 1. The highest BCUT2D eigenvalue weighted by Crippen LogP contribution is 2.21. The predicted octanol–water partition coefficient (Wildman–Crippen LogP) is 2.36. The molecule has 0 saturated heterocycles. The zero-order valence-electron chi connectivity index (χ0n) is 13.2. The number of aromatic nitrogens is 2. The van der Waals surface area contributed by atoms with Gasteiger partial charge in [0.05, 0.1) is 12.3 Å². The average molecular weight is 338 g/mol. The number of rotatable bonds is 6. The van der Waals surface area contributed by atoms with Gasteiger partial charge in [0.2, 0.25) is 0 Å². The van der Waals surface area contributed by atoms with Crippen molar-refractivity contribution in [1.29, 1.82) is 0 Å². The Morgan fingerprint density at radius 1 is 1.33 bits per heavy atom. The third-order valence-corrected chi connectivity index (χ3v) is 2.99. The fourth-order valence-corrected chi connectivity index (χ4v) is 2.04. The number of carbonyl (C=O) groups is 1. The van der Waals surface area contributed by atoms with E-state index in [4.69, 9.17) is 9.47 Å². The largest absolute Gasteiger partial charge is 0.485 e. The summed E-state index contributed by atoms with van der Waals surface area (Å²) in [6.45, 7) is 2.52. The molecule has 2 aromatic rings. The second kappa shape index (κ2) is 7.67. The number of nitrogens with zero attached hydrogens (tertiary/aromatic N) is 2. The third-order valence-electron chi connectivity index (χ3n) is 2.99. The van der Waals surface area contributed by atoms with Crippen molar-refractivity contribution in [2.24, 2.45) is 0 Å². The Hall–Kier alpha value is -2.77. The van der Waals surface area contributed by atoms with Crippen LogP contribution in [-0.4, -0.2) is 35.4 Å². The van der Waals surface area contributed by atoms with Gasteiger partial charge in [0, 0.05) is 0 Å². The lowest BCUT2D eigenvalue weighted by atomic mass is 10.2. The number of ether oxygens (including phenoxy) is 2. The molecular formula is C16H16F2N2O4. The third kappa shape index (κ3) is 3.95. The number of benzene rings is 1. The Kier molecular flexibility index (Phi) is 5.62. The highest BCUT2D eigenvalue weighted by atomic mass is 19.3. The molecule has 6 nitrogen and oxygen atoms in total. The second-order valence-electron chi connectivity index (χ2n) is 4.81. The minimum absolute atomic E-state index is 0.0628. The normalized spacial score (nSPS) is 10.7. The summed E-state index contributed by atoms with van der Waals surface area (Å²) in [5.74, 6) is -0.708. The van der Waals surface area contributed by atoms with E-state index in [1.165, 1.54) is 18.2 Å². The molecule has 0 radical (unpaired) electrons. The van der Waals surface area contributed by atoms with Gasteiger partial charge in [-0.15, -0.1) is 0 Å². The van der Waals surface area contributed by atoms with Crippen molar-refractivity contribution >= 4 is 5.97 Å². The first-order valence-electron chi connectivity index (χ1n) is 7.22. The Morgan fingerprint density at radius 2 is 2.04 bits per heavy atom. The van der Waals surface area contributed by atoms with Crippen molar-refractivity contribution in [2.75, 3.05) is 13.2 Å². The van der Waals surface area contributed by atoms with Crippen LogP contribution in [0.4, 0.5) is 8.78 Å².